The highest BCUT2D eigenvalue weighted by molar-refractivity contribution is 7.54. The number of hydrogen-bond acceptors (Lipinski definition) is 5. The molecule has 0 heterocycles. The molecule has 0 aromatic carbocycles. The van der Waals surface area contributed by atoms with E-state index < -0.39 is 13.4 Å². The Kier molecular flexibility index (Phi) is 7.85. The Morgan fingerprint density at radius 2 is 1.75 bits per heavy atom. The number of aliphatic hydroxyl groups is 1. The van der Waals surface area contributed by atoms with Gasteiger partial charge in [0.2, 0.25) is 0 Å². The van der Waals surface area contributed by atoms with Crippen LogP contribution in [0.25, 0.3) is 0 Å². The van der Waals surface area contributed by atoms with Crippen molar-refractivity contribution >= 4 is 13.4 Å². The molecule has 1 atom stereocenters. The Morgan fingerprint density at radius 1 is 1.25 bits per heavy atom. The first-order valence-electron chi connectivity index (χ1n) is 5.58. The second kappa shape index (κ2) is 7.96. The summed E-state index contributed by atoms with van der Waals surface area (Å²) in [5, 5.41) is 9.69. The van der Waals surface area contributed by atoms with Crippen LogP contribution in [0.15, 0.2) is 0 Å². The van der Waals surface area contributed by atoms with Crippen LogP contribution in [-0.2, 0) is 18.4 Å². The van der Waals surface area contributed by atoms with Gasteiger partial charge >= 0.3 is 7.60 Å². The minimum atomic E-state index is -3.55. The molecular weight excluding hydrogens is 231 g/mol. The fourth-order valence-corrected chi connectivity index (χ4v) is 2.83. The minimum absolute atomic E-state index is 0.130. The van der Waals surface area contributed by atoms with E-state index in [9.17, 15) is 14.5 Å². The molecule has 0 fully saturated rings. The molecule has 5 nitrogen and oxygen atoms in total. The highest BCUT2D eigenvalue weighted by Gasteiger charge is 2.35. The summed E-state index contributed by atoms with van der Waals surface area (Å²) in [7, 11) is -3.55. The van der Waals surface area contributed by atoms with E-state index in [2.05, 4.69) is 0 Å². The number of carbonyl (C=O) groups excluding carboxylic acids is 1. The zero-order chi connectivity index (χ0) is 12.6. The molecule has 0 saturated carbocycles. The summed E-state index contributed by atoms with van der Waals surface area (Å²) in [6.07, 6.45) is 0.902. The van der Waals surface area contributed by atoms with Crippen molar-refractivity contribution in [2.45, 2.75) is 45.9 Å². The number of rotatable bonds is 9. The summed E-state index contributed by atoms with van der Waals surface area (Å²) in [5.74, 6) is -1.49. The lowest BCUT2D eigenvalue weighted by atomic mass is 10.2. The minimum Gasteiger partial charge on any atom is -0.380 e. The summed E-state index contributed by atoms with van der Waals surface area (Å²) in [5.41, 5.74) is 0. The quantitative estimate of drug-likeness (QED) is 0.637. The third-order valence-corrected chi connectivity index (χ3v) is 4.07. The fourth-order valence-electron chi connectivity index (χ4n) is 1.27. The van der Waals surface area contributed by atoms with E-state index in [-0.39, 0.29) is 25.4 Å². The number of aliphatic hydroxyl groups excluding tert-OH is 1. The number of carbonyl (C=O) groups is 1. The summed E-state index contributed by atoms with van der Waals surface area (Å²) in [6, 6.07) is 0. The van der Waals surface area contributed by atoms with Gasteiger partial charge in [0.05, 0.1) is 13.2 Å². The second-order valence-electron chi connectivity index (χ2n) is 3.35. The maximum Gasteiger partial charge on any atom is 0.359 e. The average molecular weight is 252 g/mol. The van der Waals surface area contributed by atoms with Gasteiger partial charge < -0.3 is 14.2 Å². The molecule has 0 unspecified atom stereocenters. The summed E-state index contributed by atoms with van der Waals surface area (Å²) < 4.78 is 21.9. The van der Waals surface area contributed by atoms with Crippen LogP contribution in [0.4, 0.5) is 0 Å². The largest absolute Gasteiger partial charge is 0.380 e. The normalized spacial score (nSPS) is 13.8. The van der Waals surface area contributed by atoms with Gasteiger partial charge in [-0.05, 0) is 20.3 Å². The third kappa shape index (κ3) is 5.21. The van der Waals surface area contributed by atoms with E-state index in [0.717, 1.165) is 0 Å². The highest BCUT2D eigenvalue weighted by Crippen LogP contribution is 2.53. The molecular formula is C10H21O5P. The fraction of sp³-hybridized carbons (Fsp3) is 0.900. The SMILES string of the molecule is CCCC(=O)C[C@@H](O)P(=O)(OCC)OCC. The van der Waals surface area contributed by atoms with E-state index in [1.54, 1.807) is 13.8 Å². The van der Waals surface area contributed by atoms with Crippen molar-refractivity contribution in [3.63, 3.8) is 0 Å². The standard InChI is InChI=1S/C10H21O5P/c1-4-7-9(11)8-10(12)16(13,14-5-2)15-6-3/h10,12H,4-8H2,1-3H3/t10-/m0/s1. The first kappa shape index (κ1) is 15.8. The van der Waals surface area contributed by atoms with Gasteiger partial charge in [0.1, 0.15) is 5.78 Å². The molecule has 16 heavy (non-hydrogen) atoms. The first-order chi connectivity index (χ1) is 7.50. The van der Waals surface area contributed by atoms with E-state index in [1.165, 1.54) is 0 Å². The van der Waals surface area contributed by atoms with Gasteiger partial charge in [0.15, 0.2) is 5.85 Å². The van der Waals surface area contributed by atoms with Crippen molar-refractivity contribution in [2.75, 3.05) is 13.2 Å². The molecule has 0 aliphatic heterocycles. The van der Waals surface area contributed by atoms with Crippen LogP contribution in [0.1, 0.15) is 40.0 Å². The van der Waals surface area contributed by atoms with Gasteiger partial charge in [-0.25, -0.2) is 0 Å². The van der Waals surface area contributed by atoms with E-state index >= 15 is 0 Å². The molecule has 0 spiro atoms. The predicted molar refractivity (Wildman–Crippen MR) is 61.4 cm³/mol. The zero-order valence-corrected chi connectivity index (χ0v) is 11.0. The Bertz CT molecular complexity index is 244. The van der Waals surface area contributed by atoms with Crippen LogP contribution in [-0.4, -0.2) is 29.9 Å². The first-order valence-corrected chi connectivity index (χ1v) is 7.19. The van der Waals surface area contributed by atoms with Crippen molar-refractivity contribution in [1.29, 1.82) is 0 Å². The Hall–Kier alpha value is -0.220. The van der Waals surface area contributed by atoms with Gasteiger partial charge in [0, 0.05) is 12.8 Å². The van der Waals surface area contributed by atoms with E-state index in [0.29, 0.717) is 12.8 Å². The second-order valence-corrected chi connectivity index (χ2v) is 5.54. The van der Waals surface area contributed by atoms with Crippen LogP contribution in [0.2, 0.25) is 0 Å². The molecule has 0 saturated heterocycles. The van der Waals surface area contributed by atoms with Crippen molar-refractivity contribution in [2.24, 2.45) is 0 Å². The average Bonchev–Trinajstić information content (AvgIpc) is 2.18. The van der Waals surface area contributed by atoms with Gasteiger partial charge in [-0.2, -0.15) is 0 Å². The topological polar surface area (TPSA) is 72.8 Å². The number of hydrogen-bond donors (Lipinski definition) is 1. The molecule has 1 N–H and O–H groups in total. The monoisotopic (exact) mass is 252 g/mol. The number of Topliss-reactive ketones (excluding diaryl/α,β-unsaturated/α-hetero) is 1. The number of ketones is 1. The molecule has 0 aliphatic rings. The van der Waals surface area contributed by atoms with E-state index in [1.807, 2.05) is 6.92 Å². The van der Waals surface area contributed by atoms with Crippen molar-refractivity contribution in [1.82, 2.24) is 0 Å². The maximum atomic E-state index is 12.0. The predicted octanol–water partition coefficient (Wildman–Crippen LogP) is 2.33. The van der Waals surface area contributed by atoms with Crippen molar-refractivity contribution in [3.8, 4) is 0 Å². The van der Waals surface area contributed by atoms with Crippen LogP contribution in [0, 0.1) is 0 Å². The summed E-state index contributed by atoms with van der Waals surface area (Å²) >= 11 is 0. The van der Waals surface area contributed by atoms with Crippen molar-refractivity contribution < 1.29 is 23.5 Å². The molecule has 0 radical (unpaired) electrons. The molecule has 6 heteroatoms. The highest BCUT2D eigenvalue weighted by atomic mass is 31.2. The van der Waals surface area contributed by atoms with Crippen LogP contribution >= 0.6 is 7.60 Å². The van der Waals surface area contributed by atoms with Gasteiger partial charge in [-0.1, -0.05) is 6.92 Å². The Balaban J connectivity index is 4.43. The molecule has 0 aliphatic carbocycles. The maximum absolute atomic E-state index is 12.0. The summed E-state index contributed by atoms with van der Waals surface area (Å²) in [4.78, 5) is 11.3. The lowest BCUT2D eigenvalue weighted by Crippen LogP contribution is -2.17. The molecule has 0 aromatic rings. The third-order valence-electron chi connectivity index (χ3n) is 1.92. The molecule has 0 rings (SSSR count). The van der Waals surface area contributed by atoms with E-state index in [4.69, 9.17) is 9.05 Å². The lowest BCUT2D eigenvalue weighted by Gasteiger charge is -2.21. The van der Waals surface area contributed by atoms with Gasteiger partial charge in [-0.15, -0.1) is 0 Å². The van der Waals surface area contributed by atoms with Gasteiger partial charge in [-0.3, -0.25) is 9.36 Å². The molecule has 0 amide bonds. The smallest absolute Gasteiger partial charge is 0.359 e. The van der Waals surface area contributed by atoms with Crippen LogP contribution < -0.4 is 0 Å². The lowest BCUT2D eigenvalue weighted by molar-refractivity contribution is -0.120. The molecule has 0 bridgehead atoms. The van der Waals surface area contributed by atoms with Crippen LogP contribution in [0.5, 0.6) is 0 Å². The van der Waals surface area contributed by atoms with Crippen molar-refractivity contribution in [3.05, 3.63) is 0 Å². The zero-order valence-electron chi connectivity index (χ0n) is 10.1. The van der Waals surface area contributed by atoms with Crippen LogP contribution in [0.3, 0.4) is 0 Å². The summed E-state index contributed by atoms with van der Waals surface area (Å²) in [6.45, 7) is 5.54. The molecule has 0 aromatic heterocycles. The Morgan fingerprint density at radius 3 is 2.12 bits per heavy atom. The molecule has 96 valence electrons. The van der Waals surface area contributed by atoms with Gasteiger partial charge in [0.25, 0.3) is 0 Å². The Labute approximate surface area is 96.7 Å².